The van der Waals surface area contributed by atoms with Gasteiger partial charge >= 0.3 is 5.97 Å². The molecule has 86 valence electrons. The molecule has 4 heteroatoms. The molecule has 0 heterocycles. The van der Waals surface area contributed by atoms with Crippen LogP contribution in [-0.2, 0) is 9.59 Å². The molecule has 1 rings (SSSR count). The molecular formula is C11H19NO3. The summed E-state index contributed by atoms with van der Waals surface area (Å²) < 4.78 is 0. The highest BCUT2D eigenvalue weighted by molar-refractivity contribution is 5.84. The fourth-order valence-electron chi connectivity index (χ4n) is 1.49. The van der Waals surface area contributed by atoms with Gasteiger partial charge in [0.25, 0.3) is 0 Å². The molecule has 1 aliphatic carbocycles. The molecule has 0 unspecified atom stereocenters. The van der Waals surface area contributed by atoms with Crippen LogP contribution < -0.4 is 5.32 Å². The van der Waals surface area contributed by atoms with E-state index in [0.29, 0.717) is 12.5 Å². The number of hydrogen-bond acceptors (Lipinski definition) is 2. The van der Waals surface area contributed by atoms with Crippen molar-refractivity contribution in [2.75, 3.05) is 6.54 Å². The van der Waals surface area contributed by atoms with Gasteiger partial charge in [0.05, 0.1) is 5.41 Å². The smallest absolute Gasteiger partial charge is 0.309 e. The summed E-state index contributed by atoms with van der Waals surface area (Å²) in [4.78, 5) is 22.2. The van der Waals surface area contributed by atoms with Gasteiger partial charge in [0, 0.05) is 13.0 Å². The van der Waals surface area contributed by atoms with E-state index >= 15 is 0 Å². The fraction of sp³-hybridized carbons (Fsp3) is 0.818. The molecule has 1 aliphatic rings. The molecule has 0 spiro atoms. The first-order chi connectivity index (χ1) is 6.92. The first-order valence-electron chi connectivity index (χ1n) is 5.42. The molecule has 0 saturated heterocycles. The predicted molar refractivity (Wildman–Crippen MR) is 56.4 cm³/mol. The number of amides is 1. The van der Waals surface area contributed by atoms with Crippen molar-refractivity contribution in [1.29, 1.82) is 0 Å². The van der Waals surface area contributed by atoms with Gasteiger partial charge in [-0.25, -0.2) is 0 Å². The summed E-state index contributed by atoms with van der Waals surface area (Å²) in [6.45, 7) is 3.84. The first-order valence-corrected chi connectivity index (χ1v) is 5.42. The molecule has 1 fully saturated rings. The highest BCUT2D eigenvalue weighted by Crippen LogP contribution is 2.25. The standard InChI is InChI=1S/C11H19NO3/c1-11(2,10(14)15)6-9(13)12-7-8-4-3-5-8/h8H,3-7H2,1-2H3,(H,12,13)(H,14,15). The van der Waals surface area contributed by atoms with Crippen molar-refractivity contribution in [3.05, 3.63) is 0 Å². The molecule has 2 N–H and O–H groups in total. The van der Waals surface area contributed by atoms with Gasteiger partial charge in [0.2, 0.25) is 5.91 Å². The molecule has 1 saturated carbocycles. The number of nitrogens with one attached hydrogen (secondary N) is 1. The van der Waals surface area contributed by atoms with Gasteiger partial charge in [-0.2, -0.15) is 0 Å². The van der Waals surface area contributed by atoms with Crippen molar-refractivity contribution < 1.29 is 14.7 Å². The quantitative estimate of drug-likeness (QED) is 0.725. The summed E-state index contributed by atoms with van der Waals surface area (Å²) in [5.41, 5.74) is -0.969. The van der Waals surface area contributed by atoms with E-state index < -0.39 is 11.4 Å². The molecule has 0 aromatic rings. The molecule has 15 heavy (non-hydrogen) atoms. The van der Waals surface area contributed by atoms with Crippen LogP contribution in [0.2, 0.25) is 0 Å². The average molecular weight is 213 g/mol. The molecule has 0 aromatic carbocycles. The number of carboxylic acids is 1. The zero-order chi connectivity index (χ0) is 11.5. The van der Waals surface area contributed by atoms with E-state index in [-0.39, 0.29) is 12.3 Å². The Kier molecular flexibility index (Phi) is 3.72. The number of carbonyl (C=O) groups excluding carboxylic acids is 1. The van der Waals surface area contributed by atoms with Crippen molar-refractivity contribution >= 4 is 11.9 Å². The van der Waals surface area contributed by atoms with E-state index in [1.165, 1.54) is 19.3 Å². The largest absolute Gasteiger partial charge is 0.481 e. The second kappa shape index (κ2) is 4.64. The van der Waals surface area contributed by atoms with E-state index in [1.54, 1.807) is 13.8 Å². The number of carboxylic acid groups (broad SMARTS) is 1. The van der Waals surface area contributed by atoms with Gasteiger partial charge < -0.3 is 10.4 Å². The lowest BCUT2D eigenvalue weighted by atomic mass is 9.85. The molecule has 1 amide bonds. The van der Waals surface area contributed by atoms with Crippen LogP contribution in [0.4, 0.5) is 0 Å². The second-order valence-electron chi connectivity index (χ2n) is 4.97. The van der Waals surface area contributed by atoms with Crippen molar-refractivity contribution in [1.82, 2.24) is 5.32 Å². The fourth-order valence-corrected chi connectivity index (χ4v) is 1.49. The summed E-state index contributed by atoms with van der Waals surface area (Å²) in [6.07, 6.45) is 3.67. The Labute approximate surface area is 90.0 Å². The van der Waals surface area contributed by atoms with Crippen LogP contribution in [0.25, 0.3) is 0 Å². The van der Waals surface area contributed by atoms with Crippen LogP contribution in [0, 0.1) is 11.3 Å². The van der Waals surface area contributed by atoms with Crippen LogP contribution in [0.5, 0.6) is 0 Å². The van der Waals surface area contributed by atoms with Gasteiger partial charge in [0.1, 0.15) is 0 Å². The summed E-state index contributed by atoms with van der Waals surface area (Å²) >= 11 is 0. The molecular weight excluding hydrogens is 194 g/mol. The van der Waals surface area contributed by atoms with Crippen LogP contribution >= 0.6 is 0 Å². The van der Waals surface area contributed by atoms with Gasteiger partial charge in [-0.05, 0) is 32.6 Å². The highest BCUT2D eigenvalue weighted by atomic mass is 16.4. The number of hydrogen-bond donors (Lipinski definition) is 2. The van der Waals surface area contributed by atoms with Crippen molar-refractivity contribution in [2.45, 2.75) is 39.5 Å². The van der Waals surface area contributed by atoms with Crippen molar-refractivity contribution in [3.8, 4) is 0 Å². The van der Waals surface area contributed by atoms with Gasteiger partial charge in [-0.15, -0.1) is 0 Å². The molecule has 4 nitrogen and oxygen atoms in total. The van der Waals surface area contributed by atoms with E-state index in [2.05, 4.69) is 5.32 Å². The molecule has 0 bridgehead atoms. The summed E-state index contributed by atoms with van der Waals surface area (Å²) in [5.74, 6) is -0.475. The van der Waals surface area contributed by atoms with E-state index in [1.807, 2.05) is 0 Å². The highest BCUT2D eigenvalue weighted by Gasteiger charge is 2.30. The van der Waals surface area contributed by atoms with Crippen LogP contribution in [0.1, 0.15) is 39.5 Å². The maximum absolute atomic E-state index is 11.4. The van der Waals surface area contributed by atoms with E-state index in [4.69, 9.17) is 5.11 Å². The lowest BCUT2D eigenvalue weighted by Gasteiger charge is -2.26. The molecule has 0 radical (unpaired) electrons. The molecule has 0 aliphatic heterocycles. The van der Waals surface area contributed by atoms with E-state index in [0.717, 1.165) is 0 Å². The topological polar surface area (TPSA) is 66.4 Å². The SMILES string of the molecule is CC(C)(CC(=O)NCC1CCC1)C(=O)O. The number of carbonyl (C=O) groups is 2. The third kappa shape index (κ3) is 3.53. The summed E-state index contributed by atoms with van der Waals surface area (Å²) in [5, 5.41) is 11.6. The van der Waals surface area contributed by atoms with Gasteiger partial charge in [-0.3, -0.25) is 9.59 Å². The predicted octanol–water partition coefficient (Wildman–Crippen LogP) is 1.40. The van der Waals surface area contributed by atoms with Crippen molar-refractivity contribution in [2.24, 2.45) is 11.3 Å². The Morgan fingerprint density at radius 2 is 2.00 bits per heavy atom. The Hall–Kier alpha value is -1.06. The van der Waals surface area contributed by atoms with E-state index in [9.17, 15) is 9.59 Å². The Bertz CT molecular complexity index is 257. The second-order valence-corrected chi connectivity index (χ2v) is 4.97. The summed E-state index contributed by atoms with van der Waals surface area (Å²) in [6, 6.07) is 0. The van der Waals surface area contributed by atoms with Crippen LogP contribution in [-0.4, -0.2) is 23.5 Å². The third-order valence-corrected chi connectivity index (χ3v) is 2.99. The maximum atomic E-state index is 11.4. The van der Waals surface area contributed by atoms with Crippen molar-refractivity contribution in [3.63, 3.8) is 0 Å². The third-order valence-electron chi connectivity index (χ3n) is 2.99. The zero-order valence-corrected chi connectivity index (χ0v) is 9.38. The lowest BCUT2D eigenvalue weighted by molar-refractivity contribution is -0.149. The first kappa shape index (κ1) is 12.0. The Morgan fingerprint density at radius 3 is 2.40 bits per heavy atom. The average Bonchev–Trinajstić information content (AvgIpc) is 1.99. The van der Waals surface area contributed by atoms with Gasteiger partial charge in [0.15, 0.2) is 0 Å². The van der Waals surface area contributed by atoms with Crippen LogP contribution in [0.15, 0.2) is 0 Å². The monoisotopic (exact) mass is 213 g/mol. The molecule has 0 atom stereocenters. The minimum absolute atomic E-state index is 0.0506. The zero-order valence-electron chi connectivity index (χ0n) is 9.38. The Balaban J connectivity index is 2.25. The minimum Gasteiger partial charge on any atom is -0.481 e. The minimum atomic E-state index is -0.969. The lowest BCUT2D eigenvalue weighted by Crippen LogP contribution is -2.36. The number of rotatable bonds is 5. The Morgan fingerprint density at radius 1 is 1.40 bits per heavy atom. The summed E-state index contributed by atoms with van der Waals surface area (Å²) in [7, 11) is 0. The van der Waals surface area contributed by atoms with Gasteiger partial charge in [-0.1, -0.05) is 6.42 Å². The maximum Gasteiger partial charge on any atom is 0.309 e. The normalized spacial score (nSPS) is 16.9. The number of aliphatic carboxylic acids is 1. The van der Waals surface area contributed by atoms with Crippen LogP contribution in [0.3, 0.4) is 0 Å². The molecule has 0 aromatic heterocycles.